The van der Waals surface area contributed by atoms with Crippen LogP contribution in [0.3, 0.4) is 0 Å². The molecule has 3 rings (SSSR count). The van der Waals surface area contributed by atoms with Crippen LogP contribution in [-0.2, 0) is 6.42 Å². The predicted octanol–water partition coefficient (Wildman–Crippen LogP) is 4.00. The minimum Gasteiger partial charge on any atom is -0.348 e. The first kappa shape index (κ1) is 15.3. The smallest absolute Gasteiger partial charge is 0.185 e. The summed E-state index contributed by atoms with van der Waals surface area (Å²) in [4.78, 5) is 9.06. The average Bonchev–Trinajstić information content (AvgIpc) is 3.03. The Morgan fingerprint density at radius 3 is 2.86 bits per heavy atom. The second-order valence-corrected chi connectivity index (χ2v) is 8.48. The van der Waals surface area contributed by atoms with E-state index < -0.39 is 0 Å². The molecule has 1 N–H and O–H groups in total. The second kappa shape index (κ2) is 5.88. The van der Waals surface area contributed by atoms with E-state index in [1.807, 2.05) is 11.3 Å². The predicted molar refractivity (Wildman–Crippen MR) is 91.2 cm³/mol. The maximum Gasteiger partial charge on any atom is 0.185 e. The zero-order valence-electron chi connectivity index (χ0n) is 13.9. The number of hydrogen-bond acceptors (Lipinski definition) is 4. The summed E-state index contributed by atoms with van der Waals surface area (Å²) in [5.74, 6) is 0.868. The highest BCUT2D eigenvalue weighted by Crippen LogP contribution is 2.45. The number of thiazole rings is 1. The third-order valence-corrected chi connectivity index (χ3v) is 6.29. The number of nitrogens with zero attached hydrogens (tertiary/aromatic N) is 2. The number of nitrogens with one attached hydrogen (secondary N) is 1. The van der Waals surface area contributed by atoms with Crippen molar-refractivity contribution in [3.05, 3.63) is 10.6 Å². The maximum atomic E-state index is 5.03. The van der Waals surface area contributed by atoms with Crippen LogP contribution in [0.2, 0.25) is 0 Å². The highest BCUT2D eigenvalue weighted by molar-refractivity contribution is 7.15. The van der Waals surface area contributed by atoms with E-state index in [0.29, 0.717) is 11.5 Å². The molecule has 2 unspecified atom stereocenters. The Morgan fingerprint density at radius 2 is 2.19 bits per heavy atom. The molecule has 0 bridgehead atoms. The van der Waals surface area contributed by atoms with Gasteiger partial charge in [-0.15, -0.1) is 0 Å². The third-order valence-electron chi connectivity index (χ3n) is 5.02. The summed E-state index contributed by atoms with van der Waals surface area (Å²) < 4.78 is 0. The summed E-state index contributed by atoms with van der Waals surface area (Å²) in [5.41, 5.74) is 1.72. The van der Waals surface area contributed by atoms with Gasteiger partial charge in [-0.3, -0.25) is 0 Å². The first-order valence-electron chi connectivity index (χ1n) is 8.50. The number of hydrogen-bond donors (Lipinski definition) is 1. The van der Waals surface area contributed by atoms with Gasteiger partial charge in [0.2, 0.25) is 0 Å². The minimum absolute atomic E-state index is 0.363. The summed E-state index contributed by atoms with van der Waals surface area (Å²) >= 11 is 1.95. The Balaban J connectivity index is 1.84. The molecule has 4 heteroatoms. The molecular weight excluding hydrogens is 278 g/mol. The van der Waals surface area contributed by atoms with Gasteiger partial charge >= 0.3 is 0 Å². The highest BCUT2D eigenvalue weighted by atomic mass is 32.1. The lowest BCUT2D eigenvalue weighted by molar-refractivity contribution is 0.260. The van der Waals surface area contributed by atoms with E-state index in [1.165, 1.54) is 48.1 Å². The van der Waals surface area contributed by atoms with Crippen molar-refractivity contribution in [2.24, 2.45) is 11.3 Å². The molecule has 21 heavy (non-hydrogen) atoms. The monoisotopic (exact) mass is 307 g/mol. The van der Waals surface area contributed by atoms with Crippen molar-refractivity contribution in [3.63, 3.8) is 0 Å². The Hall–Kier alpha value is -0.610. The molecule has 1 fully saturated rings. The largest absolute Gasteiger partial charge is 0.348 e. The van der Waals surface area contributed by atoms with Gasteiger partial charge in [-0.25, -0.2) is 4.98 Å². The fourth-order valence-corrected chi connectivity index (χ4v) is 5.00. The van der Waals surface area contributed by atoms with Gasteiger partial charge in [0, 0.05) is 24.0 Å². The van der Waals surface area contributed by atoms with E-state index in [0.717, 1.165) is 18.9 Å². The van der Waals surface area contributed by atoms with Crippen LogP contribution in [0.25, 0.3) is 0 Å². The van der Waals surface area contributed by atoms with E-state index >= 15 is 0 Å². The summed E-state index contributed by atoms with van der Waals surface area (Å²) in [6.07, 6.45) is 5.00. The SMILES string of the molecule is CCNC1CC(C)(C)Cc2nc(N3CCC(CC)C3)sc21. The maximum absolute atomic E-state index is 5.03. The average molecular weight is 308 g/mol. The van der Waals surface area contributed by atoms with E-state index in [4.69, 9.17) is 4.98 Å². The van der Waals surface area contributed by atoms with Crippen molar-refractivity contribution in [3.8, 4) is 0 Å². The summed E-state index contributed by atoms with van der Waals surface area (Å²) in [7, 11) is 0. The van der Waals surface area contributed by atoms with Gasteiger partial charge in [0.1, 0.15) is 0 Å². The molecule has 0 radical (unpaired) electrons. The van der Waals surface area contributed by atoms with Gasteiger partial charge in [-0.1, -0.05) is 45.5 Å². The van der Waals surface area contributed by atoms with Crippen LogP contribution < -0.4 is 10.2 Å². The molecule has 2 aliphatic rings. The lowest BCUT2D eigenvalue weighted by Crippen LogP contribution is -2.32. The molecule has 2 atom stereocenters. The van der Waals surface area contributed by atoms with Crippen LogP contribution in [0.15, 0.2) is 0 Å². The third kappa shape index (κ3) is 3.11. The van der Waals surface area contributed by atoms with E-state index in [1.54, 1.807) is 0 Å². The second-order valence-electron chi connectivity index (χ2n) is 7.47. The first-order valence-corrected chi connectivity index (χ1v) is 9.32. The molecule has 1 aromatic heterocycles. The molecule has 0 aromatic carbocycles. The molecular formula is C17H29N3S. The fourth-order valence-electron chi connectivity index (χ4n) is 3.81. The molecule has 118 valence electrons. The van der Waals surface area contributed by atoms with Crippen LogP contribution in [0.4, 0.5) is 5.13 Å². The number of fused-ring (bicyclic) bond motifs is 1. The molecule has 0 saturated carbocycles. The van der Waals surface area contributed by atoms with E-state index in [9.17, 15) is 0 Å². The number of rotatable bonds is 4. The normalized spacial score (nSPS) is 27.9. The Kier molecular flexibility index (Phi) is 4.28. The van der Waals surface area contributed by atoms with Gasteiger partial charge in [-0.05, 0) is 37.1 Å². The fraction of sp³-hybridized carbons (Fsp3) is 0.824. The van der Waals surface area contributed by atoms with Crippen LogP contribution in [-0.4, -0.2) is 24.6 Å². The Labute approximate surface area is 133 Å². The molecule has 0 spiro atoms. The molecule has 1 aromatic rings. The molecule has 0 amide bonds. The van der Waals surface area contributed by atoms with Crippen molar-refractivity contribution in [2.45, 2.75) is 59.4 Å². The Morgan fingerprint density at radius 1 is 1.38 bits per heavy atom. The lowest BCUT2D eigenvalue weighted by atomic mass is 9.76. The molecule has 1 saturated heterocycles. The van der Waals surface area contributed by atoms with Crippen molar-refractivity contribution >= 4 is 16.5 Å². The van der Waals surface area contributed by atoms with Crippen molar-refractivity contribution in [1.82, 2.24) is 10.3 Å². The van der Waals surface area contributed by atoms with Crippen LogP contribution >= 0.6 is 11.3 Å². The van der Waals surface area contributed by atoms with Crippen molar-refractivity contribution < 1.29 is 0 Å². The summed E-state index contributed by atoms with van der Waals surface area (Å²) in [6, 6.07) is 0.504. The zero-order chi connectivity index (χ0) is 15.0. The van der Waals surface area contributed by atoms with Crippen LogP contribution in [0.1, 0.15) is 63.6 Å². The van der Waals surface area contributed by atoms with E-state index in [2.05, 4.69) is 37.9 Å². The van der Waals surface area contributed by atoms with Crippen molar-refractivity contribution in [1.29, 1.82) is 0 Å². The quantitative estimate of drug-likeness (QED) is 0.911. The molecule has 3 nitrogen and oxygen atoms in total. The van der Waals surface area contributed by atoms with Gasteiger partial charge in [-0.2, -0.15) is 0 Å². The molecule has 2 heterocycles. The van der Waals surface area contributed by atoms with Gasteiger partial charge in [0.15, 0.2) is 5.13 Å². The Bertz CT molecular complexity index is 494. The van der Waals surface area contributed by atoms with Gasteiger partial charge in [0.05, 0.1) is 5.69 Å². The van der Waals surface area contributed by atoms with Crippen LogP contribution in [0.5, 0.6) is 0 Å². The lowest BCUT2D eigenvalue weighted by Gasteiger charge is -2.34. The van der Waals surface area contributed by atoms with Gasteiger partial charge < -0.3 is 10.2 Å². The molecule has 1 aliphatic carbocycles. The number of aromatic nitrogens is 1. The topological polar surface area (TPSA) is 28.2 Å². The summed E-state index contributed by atoms with van der Waals surface area (Å²) in [6.45, 7) is 12.7. The van der Waals surface area contributed by atoms with E-state index in [-0.39, 0.29) is 0 Å². The standard InChI is InChI=1S/C17H29N3S/c1-5-12-7-8-20(11-12)16-19-14-10-17(3,4)9-13(18-6-2)15(14)21-16/h12-13,18H,5-11H2,1-4H3. The number of anilines is 1. The van der Waals surface area contributed by atoms with Crippen molar-refractivity contribution in [2.75, 3.05) is 24.5 Å². The zero-order valence-corrected chi connectivity index (χ0v) is 14.7. The summed E-state index contributed by atoms with van der Waals surface area (Å²) in [5, 5.41) is 4.95. The molecule has 1 aliphatic heterocycles. The highest BCUT2D eigenvalue weighted by Gasteiger charge is 2.36. The minimum atomic E-state index is 0.363. The van der Waals surface area contributed by atoms with Gasteiger partial charge in [0.25, 0.3) is 0 Å². The first-order chi connectivity index (χ1) is 10.0. The van der Waals surface area contributed by atoms with Crippen LogP contribution in [0, 0.1) is 11.3 Å².